The molecule has 112 valence electrons. The van der Waals surface area contributed by atoms with Gasteiger partial charge in [0.1, 0.15) is 0 Å². The molecule has 4 heteroatoms. The Bertz CT molecular complexity index is 552. The number of carbonyl (C=O) groups excluding carboxylic acids is 1. The summed E-state index contributed by atoms with van der Waals surface area (Å²) in [7, 11) is 0. The van der Waals surface area contributed by atoms with Crippen molar-refractivity contribution in [1.29, 1.82) is 0 Å². The molecule has 1 saturated heterocycles. The summed E-state index contributed by atoms with van der Waals surface area (Å²) in [6.45, 7) is 3.67. The lowest BCUT2D eigenvalue weighted by Crippen LogP contribution is -2.33. The highest BCUT2D eigenvalue weighted by Crippen LogP contribution is 2.17. The fourth-order valence-corrected chi connectivity index (χ4v) is 3.17. The van der Waals surface area contributed by atoms with E-state index in [9.17, 15) is 4.79 Å². The van der Waals surface area contributed by atoms with E-state index in [1.165, 1.54) is 0 Å². The summed E-state index contributed by atoms with van der Waals surface area (Å²) in [6.07, 6.45) is 1.48. The lowest BCUT2D eigenvalue weighted by atomic mass is 10.0. The first kappa shape index (κ1) is 15.9. The van der Waals surface area contributed by atoms with Gasteiger partial charge in [-0.25, -0.2) is 0 Å². The third-order valence-electron chi connectivity index (χ3n) is 3.37. The number of hydrogen-bond acceptors (Lipinski definition) is 3. The average molecular weight is 303 g/mol. The lowest BCUT2D eigenvalue weighted by Gasteiger charge is -2.20. The van der Waals surface area contributed by atoms with E-state index in [-0.39, 0.29) is 12.5 Å². The second-order valence-corrected chi connectivity index (χ2v) is 6.31. The largest absolute Gasteiger partial charge is 0.395 e. The van der Waals surface area contributed by atoms with Gasteiger partial charge in [0.05, 0.1) is 12.2 Å². The van der Waals surface area contributed by atoms with E-state index in [1.807, 2.05) is 41.8 Å². The Kier molecular flexibility index (Phi) is 6.16. The minimum atomic E-state index is 0.0471. The first-order valence-electron chi connectivity index (χ1n) is 7.30. The predicted molar refractivity (Wildman–Crippen MR) is 87.6 cm³/mol. The first-order chi connectivity index (χ1) is 10.2. The van der Waals surface area contributed by atoms with Crippen molar-refractivity contribution < 1.29 is 9.90 Å². The molecule has 1 fully saturated rings. The second kappa shape index (κ2) is 8.11. The highest BCUT2D eigenvalue weighted by Gasteiger charge is 2.19. The number of rotatable bonds is 2. The Labute approximate surface area is 130 Å². The Morgan fingerprint density at radius 3 is 3.05 bits per heavy atom. The van der Waals surface area contributed by atoms with Crippen molar-refractivity contribution in [3.05, 3.63) is 34.9 Å². The second-order valence-electron chi connectivity index (χ2n) is 5.08. The van der Waals surface area contributed by atoms with Crippen LogP contribution in [0.15, 0.2) is 18.2 Å². The zero-order chi connectivity index (χ0) is 15.1. The first-order valence-corrected chi connectivity index (χ1v) is 8.45. The van der Waals surface area contributed by atoms with Gasteiger partial charge in [-0.1, -0.05) is 17.9 Å². The molecule has 1 aliphatic rings. The molecule has 0 radical (unpaired) electrons. The topological polar surface area (TPSA) is 40.5 Å². The van der Waals surface area contributed by atoms with Gasteiger partial charge < -0.3 is 10.0 Å². The zero-order valence-electron chi connectivity index (χ0n) is 12.4. The summed E-state index contributed by atoms with van der Waals surface area (Å²) in [4.78, 5) is 14.6. The molecule has 0 aliphatic carbocycles. The molecule has 1 N–H and O–H groups in total. The maximum Gasteiger partial charge on any atom is 0.255 e. The van der Waals surface area contributed by atoms with Crippen LogP contribution >= 0.6 is 11.8 Å². The molecular weight excluding hydrogens is 282 g/mol. The van der Waals surface area contributed by atoms with Crippen molar-refractivity contribution in [2.45, 2.75) is 19.8 Å². The van der Waals surface area contributed by atoms with Gasteiger partial charge in [0.15, 0.2) is 0 Å². The molecule has 1 aromatic carbocycles. The minimum Gasteiger partial charge on any atom is -0.395 e. The highest BCUT2D eigenvalue weighted by atomic mass is 32.2. The number of carbonyl (C=O) groups is 1. The van der Waals surface area contributed by atoms with E-state index in [0.717, 1.165) is 42.1 Å². The Hall–Kier alpha value is -1.44. The molecule has 0 aromatic heterocycles. The molecule has 3 nitrogen and oxygen atoms in total. The van der Waals surface area contributed by atoms with Crippen LogP contribution in [0.3, 0.4) is 0 Å². The van der Waals surface area contributed by atoms with Crippen LogP contribution in [-0.4, -0.2) is 47.1 Å². The predicted octanol–water partition coefficient (Wildman–Crippen LogP) is 2.31. The number of amides is 1. The van der Waals surface area contributed by atoms with Crippen molar-refractivity contribution in [3.8, 4) is 11.8 Å². The molecule has 0 unspecified atom stereocenters. The Morgan fingerprint density at radius 2 is 2.24 bits per heavy atom. The maximum absolute atomic E-state index is 12.7. The van der Waals surface area contributed by atoms with Crippen LogP contribution in [-0.2, 0) is 0 Å². The molecule has 1 aliphatic heterocycles. The number of aliphatic hydroxyl groups is 1. The molecule has 2 rings (SSSR count). The summed E-state index contributed by atoms with van der Waals surface area (Å²) >= 11 is 1.91. The smallest absolute Gasteiger partial charge is 0.255 e. The van der Waals surface area contributed by atoms with Crippen molar-refractivity contribution in [2.75, 3.05) is 31.2 Å². The van der Waals surface area contributed by atoms with Crippen LogP contribution < -0.4 is 0 Å². The van der Waals surface area contributed by atoms with Crippen molar-refractivity contribution in [2.24, 2.45) is 0 Å². The van der Waals surface area contributed by atoms with E-state index in [1.54, 1.807) is 0 Å². The van der Waals surface area contributed by atoms with Gasteiger partial charge in [0.25, 0.3) is 5.91 Å². The van der Waals surface area contributed by atoms with Gasteiger partial charge in [-0.15, -0.1) is 0 Å². The summed E-state index contributed by atoms with van der Waals surface area (Å²) in [5.41, 5.74) is 2.54. The third-order valence-corrected chi connectivity index (χ3v) is 4.42. The molecule has 0 spiro atoms. The fourth-order valence-electron chi connectivity index (χ4n) is 2.28. The molecule has 0 bridgehead atoms. The summed E-state index contributed by atoms with van der Waals surface area (Å²) < 4.78 is 0. The molecule has 21 heavy (non-hydrogen) atoms. The SMILES string of the molecule is Cc1ccc(C(=O)N2CCCSCC2)c(C#CCCO)c1. The molecule has 1 amide bonds. The van der Waals surface area contributed by atoms with Crippen LogP contribution in [0.25, 0.3) is 0 Å². The summed E-state index contributed by atoms with van der Waals surface area (Å²) in [5, 5.41) is 8.83. The summed E-state index contributed by atoms with van der Waals surface area (Å²) in [6, 6.07) is 5.78. The van der Waals surface area contributed by atoms with Crippen molar-refractivity contribution in [1.82, 2.24) is 4.90 Å². The standard InChI is InChI=1S/C17H21NO2S/c1-14-6-7-16(15(13-14)5-2-3-10-19)17(20)18-8-4-11-21-12-9-18/h6-7,13,19H,3-4,8-12H2,1H3. The van der Waals surface area contributed by atoms with E-state index in [0.29, 0.717) is 12.0 Å². The molecule has 1 aromatic rings. The van der Waals surface area contributed by atoms with Crippen LogP contribution in [0.1, 0.15) is 34.3 Å². The van der Waals surface area contributed by atoms with E-state index < -0.39 is 0 Å². The lowest BCUT2D eigenvalue weighted by molar-refractivity contribution is 0.0768. The number of hydrogen-bond donors (Lipinski definition) is 1. The molecule has 0 atom stereocenters. The maximum atomic E-state index is 12.7. The minimum absolute atomic E-state index is 0.0471. The summed E-state index contributed by atoms with van der Waals surface area (Å²) in [5.74, 6) is 8.15. The average Bonchev–Trinajstić information content (AvgIpc) is 2.76. The zero-order valence-corrected chi connectivity index (χ0v) is 13.2. The Balaban J connectivity index is 2.25. The molecule has 1 heterocycles. The number of nitrogens with zero attached hydrogens (tertiary/aromatic N) is 1. The highest BCUT2D eigenvalue weighted by molar-refractivity contribution is 7.99. The van der Waals surface area contributed by atoms with Gasteiger partial charge in [-0.3, -0.25) is 4.79 Å². The number of aryl methyl sites for hydroxylation is 1. The molecular formula is C17H21NO2S. The number of thioether (sulfide) groups is 1. The normalized spacial score (nSPS) is 15.0. The van der Waals surface area contributed by atoms with E-state index >= 15 is 0 Å². The van der Waals surface area contributed by atoms with E-state index in [2.05, 4.69) is 11.8 Å². The van der Waals surface area contributed by atoms with Crippen molar-refractivity contribution in [3.63, 3.8) is 0 Å². The number of benzene rings is 1. The number of aliphatic hydroxyl groups excluding tert-OH is 1. The van der Waals surface area contributed by atoms with E-state index in [4.69, 9.17) is 5.11 Å². The van der Waals surface area contributed by atoms with Crippen LogP contribution in [0.5, 0.6) is 0 Å². The Morgan fingerprint density at radius 1 is 1.38 bits per heavy atom. The van der Waals surface area contributed by atoms with Crippen molar-refractivity contribution >= 4 is 17.7 Å². The monoisotopic (exact) mass is 303 g/mol. The van der Waals surface area contributed by atoms with Gasteiger partial charge >= 0.3 is 0 Å². The van der Waals surface area contributed by atoms with Gasteiger partial charge in [0, 0.05) is 30.8 Å². The third kappa shape index (κ3) is 4.52. The van der Waals surface area contributed by atoms with Crippen LogP contribution in [0, 0.1) is 18.8 Å². The fraction of sp³-hybridized carbons (Fsp3) is 0.471. The quantitative estimate of drug-likeness (QED) is 0.852. The van der Waals surface area contributed by atoms with Crippen LogP contribution in [0.4, 0.5) is 0 Å². The van der Waals surface area contributed by atoms with Gasteiger partial charge in [0.2, 0.25) is 0 Å². The van der Waals surface area contributed by atoms with Gasteiger partial charge in [-0.2, -0.15) is 11.8 Å². The van der Waals surface area contributed by atoms with Crippen LogP contribution in [0.2, 0.25) is 0 Å². The molecule has 0 saturated carbocycles. The van der Waals surface area contributed by atoms with Gasteiger partial charge in [-0.05, 0) is 36.8 Å².